The molecule has 0 spiro atoms. The highest BCUT2D eigenvalue weighted by molar-refractivity contribution is 5.95. The topological polar surface area (TPSA) is 43.4 Å². The lowest BCUT2D eigenvalue weighted by molar-refractivity contribution is 0.0530. The van der Waals surface area contributed by atoms with Gasteiger partial charge in [-0.3, -0.25) is 4.79 Å². The zero-order valence-electron chi connectivity index (χ0n) is 5.93. The van der Waals surface area contributed by atoms with Crippen LogP contribution in [0, 0.1) is 6.92 Å². The zero-order valence-corrected chi connectivity index (χ0v) is 5.93. The van der Waals surface area contributed by atoms with Gasteiger partial charge in [-0.1, -0.05) is 0 Å². The fourth-order valence-electron chi connectivity index (χ4n) is 0.707. The molecule has 0 aliphatic heterocycles. The summed E-state index contributed by atoms with van der Waals surface area (Å²) in [4.78, 5) is 21.3. The van der Waals surface area contributed by atoms with Crippen LogP contribution < -0.4 is 5.43 Å². The molecular formula is C7H8O3. The van der Waals surface area contributed by atoms with Crippen molar-refractivity contribution in [2.24, 2.45) is 0 Å². The van der Waals surface area contributed by atoms with Crippen molar-refractivity contribution in [3.63, 3.8) is 0 Å². The number of hydrogen-bond acceptors (Lipinski definition) is 3. The highest BCUT2D eigenvalue weighted by atomic mass is 16.5. The van der Waals surface area contributed by atoms with Crippen LogP contribution in [0.4, 0.5) is 0 Å². The summed E-state index contributed by atoms with van der Waals surface area (Å²) in [7, 11) is 0. The second kappa shape index (κ2) is 2.25. The van der Waals surface area contributed by atoms with Gasteiger partial charge in [0.15, 0.2) is 5.43 Å². The minimum absolute atomic E-state index is 0.154. The highest BCUT2D eigenvalue weighted by Crippen LogP contribution is 2.07. The van der Waals surface area contributed by atoms with Crippen LogP contribution in [-0.4, -0.2) is 12.6 Å². The van der Waals surface area contributed by atoms with E-state index >= 15 is 0 Å². The van der Waals surface area contributed by atoms with Gasteiger partial charge in [-0.2, -0.15) is 0 Å². The Hall–Kier alpha value is -1.12. The fraction of sp³-hybridized carbons (Fsp3) is 0.429. The minimum atomic E-state index is -0.481. The molecule has 0 saturated carbocycles. The van der Waals surface area contributed by atoms with Crippen molar-refractivity contribution in [3.05, 3.63) is 21.4 Å². The van der Waals surface area contributed by atoms with Gasteiger partial charge >= 0.3 is 5.97 Å². The van der Waals surface area contributed by atoms with E-state index < -0.39 is 5.97 Å². The lowest BCUT2D eigenvalue weighted by atomic mass is 10.5. The van der Waals surface area contributed by atoms with Crippen LogP contribution in [0.15, 0.2) is 4.79 Å². The Bertz CT molecular complexity index is 266. The third kappa shape index (κ3) is 0.943. The molecule has 1 aromatic rings. The number of carbonyl (C=O) groups excluding carboxylic acids is 1. The molecule has 0 aliphatic carbocycles. The third-order valence-corrected chi connectivity index (χ3v) is 1.36. The van der Waals surface area contributed by atoms with E-state index in [-0.39, 0.29) is 11.0 Å². The van der Waals surface area contributed by atoms with Crippen LogP contribution in [0.2, 0.25) is 0 Å². The molecule has 0 amide bonds. The second-order valence-electron chi connectivity index (χ2n) is 2.05. The molecule has 0 unspecified atom stereocenters. The average molecular weight is 140 g/mol. The Morgan fingerprint density at radius 3 is 2.40 bits per heavy atom. The summed E-state index contributed by atoms with van der Waals surface area (Å²) in [6, 6.07) is 0. The summed E-state index contributed by atoms with van der Waals surface area (Å²) in [5, 5.41) is 0. The van der Waals surface area contributed by atoms with Crippen molar-refractivity contribution in [2.45, 2.75) is 13.8 Å². The third-order valence-electron chi connectivity index (χ3n) is 1.36. The van der Waals surface area contributed by atoms with Gasteiger partial charge in [-0.25, -0.2) is 4.79 Å². The predicted molar refractivity (Wildman–Crippen MR) is 35.8 cm³/mol. The van der Waals surface area contributed by atoms with E-state index in [0.717, 1.165) is 0 Å². The first kappa shape index (κ1) is 6.99. The lowest BCUT2D eigenvalue weighted by Gasteiger charge is -1.92. The first-order valence-corrected chi connectivity index (χ1v) is 3.11. The molecule has 0 saturated heterocycles. The van der Waals surface area contributed by atoms with E-state index in [1.807, 2.05) is 0 Å². The smallest absolute Gasteiger partial charge is 0.342 e. The molecular weight excluding hydrogens is 132 g/mol. The minimum Gasteiger partial charge on any atom is -0.462 e. The number of ether oxygens (including phenoxy) is 1. The quantitative estimate of drug-likeness (QED) is 0.559. The number of hydrogen-bond donors (Lipinski definition) is 0. The van der Waals surface area contributed by atoms with Gasteiger partial charge in [0.25, 0.3) is 0 Å². The Morgan fingerprint density at radius 2 is 2.10 bits per heavy atom. The van der Waals surface area contributed by atoms with Crippen LogP contribution >= 0.6 is 0 Å². The molecule has 54 valence electrons. The Morgan fingerprint density at radius 1 is 1.60 bits per heavy atom. The summed E-state index contributed by atoms with van der Waals surface area (Å²) in [5.41, 5.74) is 0.624. The van der Waals surface area contributed by atoms with Gasteiger partial charge in [0.2, 0.25) is 0 Å². The molecule has 0 bridgehead atoms. The Labute approximate surface area is 58.3 Å². The van der Waals surface area contributed by atoms with E-state index in [0.29, 0.717) is 12.2 Å². The normalized spacial score (nSPS) is 10.2. The van der Waals surface area contributed by atoms with Gasteiger partial charge in [0.05, 0.1) is 6.61 Å². The first-order valence-electron chi connectivity index (χ1n) is 3.11. The summed E-state index contributed by atoms with van der Waals surface area (Å²) in [6.07, 6.45) is 0. The van der Waals surface area contributed by atoms with Gasteiger partial charge in [0, 0.05) is 5.56 Å². The van der Waals surface area contributed by atoms with E-state index in [9.17, 15) is 9.59 Å². The van der Waals surface area contributed by atoms with Crippen LogP contribution in [0.1, 0.15) is 22.8 Å². The molecule has 0 heterocycles. The molecule has 10 heavy (non-hydrogen) atoms. The number of carbonyl (C=O) groups is 1. The van der Waals surface area contributed by atoms with Crippen LogP contribution in [0.25, 0.3) is 0 Å². The van der Waals surface area contributed by atoms with Crippen molar-refractivity contribution >= 4 is 5.97 Å². The van der Waals surface area contributed by atoms with Gasteiger partial charge in [0.1, 0.15) is 5.56 Å². The fourth-order valence-corrected chi connectivity index (χ4v) is 0.707. The number of rotatable bonds is 2. The largest absolute Gasteiger partial charge is 0.462 e. The van der Waals surface area contributed by atoms with Crippen molar-refractivity contribution in [2.75, 3.05) is 6.61 Å². The van der Waals surface area contributed by atoms with Crippen LogP contribution in [0.5, 0.6) is 0 Å². The van der Waals surface area contributed by atoms with Crippen molar-refractivity contribution in [1.82, 2.24) is 0 Å². The molecule has 0 N–H and O–H groups in total. The van der Waals surface area contributed by atoms with E-state index in [4.69, 9.17) is 0 Å². The molecule has 1 aromatic carbocycles. The van der Waals surface area contributed by atoms with Gasteiger partial charge in [-0.15, -0.1) is 0 Å². The molecule has 1 rings (SSSR count). The zero-order chi connectivity index (χ0) is 7.72. The summed E-state index contributed by atoms with van der Waals surface area (Å²) < 4.78 is 4.59. The SMILES string of the molecule is CCOC(=O)c1c(C)c1=O. The number of esters is 1. The van der Waals surface area contributed by atoms with Crippen molar-refractivity contribution < 1.29 is 9.53 Å². The molecule has 0 radical (unpaired) electrons. The second-order valence-corrected chi connectivity index (χ2v) is 2.05. The molecule has 3 heteroatoms. The average Bonchev–Trinajstić information content (AvgIpc) is 2.42. The Kier molecular flexibility index (Phi) is 1.57. The molecule has 0 fully saturated rings. The monoisotopic (exact) mass is 140 g/mol. The Balaban J connectivity index is 2.62. The van der Waals surface area contributed by atoms with E-state index in [1.165, 1.54) is 0 Å². The molecule has 0 aromatic heterocycles. The van der Waals surface area contributed by atoms with E-state index in [1.54, 1.807) is 13.8 Å². The van der Waals surface area contributed by atoms with Crippen molar-refractivity contribution in [3.8, 4) is 0 Å². The maximum Gasteiger partial charge on any atom is 0.342 e. The standard InChI is InChI=1S/C7H8O3/c1-3-10-7(9)5-4(2)6(5)8/h3H2,1-2H3. The van der Waals surface area contributed by atoms with Gasteiger partial charge < -0.3 is 4.74 Å². The maximum absolute atomic E-state index is 10.7. The van der Waals surface area contributed by atoms with Crippen LogP contribution in [-0.2, 0) is 4.74 Å². The van der Waals surface area contributed by atoms with Crippen molar-refractivity contribution in [1.29, 1.82) is 0 Å². The lowest BCUT2D eigenvalue weighted by Crippen LogP contribution is -2.02. The molecule has 0 atom stereocenters. The predicted octanol–water partition coefficient (Wildman–Crippen LogP) is 0.408. The summed E-state index contributed by atoms with van der Waals surface area (Å²) in [6.45, 7) is 3.65. The maximum atomic E-state index is 10.7. The molecule has 3 nitrogen and oxygen atoms in total. The molecule has 0 aliphatic rings. The summed E-state index contributed by atoms with van der Waals surface area (Å²) >= 11 is 0. The van der Waals surface area contributed by atoms with Gasteiger partial charge in [-0.05, 0) is 13.8 Å². The summed E-state index contributed by atoms with van der Waals surface area (Å²) in [5.74, 6) is -0.481. The van der Waals surface area contributed by atoms with E-state index in [2.05, 4.69) is 4.74 Å². The van der Waals surface area contributed by atoms with Crippen LogP contribution in [0.3, 0.4) is 0 Å². The first-order chi connectivity index (χ1) is 4.68. The highest BCUT2D eigenvalue weighted by Gasteiger charge is 2.25.